The number of benzene rings is 1. The Bertz CT molecular complexity index is 2900. The normalized spacial score (nSPS) is 25.5. The standard InChI is InChI=1S/C53H60N10O6S/c1-30-43(39-16-19-55-29-57-39)44(30)49(64)59-46-48(68-26-32-9-6-17-54-23-32)50-58-41(27-70-50)33-12-15-42-37(21-33)38(22-53(3,4)28-69-52(66)40-11-8-20-62(60-40)51(46)65)47(36-10-7-18-56-45(36)31(2)67-5)63(42)35-24-61(25-35)34-13-14-34/h6-7,9-10,12,15-19,21,23,27,29-31,34-35,40,43-44,46,48,60H,8,11,13-14,20,22,24-26,28H2,1-5H3,(H,59,64)/t30-,31-,40-,43-,44+,46-,48-/m0/s1. The van der Waals surface area contributed by atoms with E-state index in [0.717, 1.165) is 69.0 Å². The van der Waals surface area contributed by atoms with Gasteiger partial charge in [-0.05, 0) is 92.5 Å². The third-order valence-corrected chi connectivity index (χ3v) is 15.9. The first-order chi connectivity index (χ1) is 34.0. The van der Waals surface area contributed by atoms with Gasteiger partial charge in [0, 0.05) is 108 Å². The van der Waals surface area contributed by atoms with Gasteiger partial charge in [0.2, 0.25) is 5.91 Å². The van der Waals surface area contributed by atoms with Crippen molar-refractivity contribution in [1.82, 2.24) is 50.1 Å². The number of nitrogens with one attached hydrogen (secondary N) is 2. The summed E-state index contributed by atoms with van der Waals surface area (Å²) >= 11 is 1.39. The average Bonchev–Trinajstić information content (AvgIpc) is 4.25. The first-order valence-corrected chi connectivity index (χ1v) is 25.5. The van der Waals surface area contributed by atoms with E-state index < -0.39 is 41.4 Å². The van der Waals surface area contributed by atoms with Crippen LogP contribution in [0.2, 0.25) is 0 Å². The van der Waals surface area contributed by atoms with Crippen LogP contribution >= 0.6 is 11.3 Å². The highest BCUT2D eigenvalue weighted by molar-refractivity contribution is 7.10. The molecule has 2 amide bonds. The van der Waals surface area contributed by atoms with E-state index >= 15 is 4.79 Å². The van der Waals surface area contributed by atoms with Crippen LogP contribution in [0.1, 0.15) is 105 Å². The van der Waals surface area contributed by atoms with Gasteiger partial charge in [-0.2, -0.15) is 0 Å². The number of rotatable bonds is 11. The molecule has 2 saturated carbocycles. The number of carbonyl (C=O) groups excluding carboxylic acids is 3. The van der Waals surface area contributed by atoms with Gasteiger partial charge in [0.25, 0.3) is 5.91 Å². The molecule has 364 valence electrons. The van der Waals surface area contributed by atoms with Gasteiger partial charge in [-0.3, -0.25) is 34.3 Å². The third kappa shape index (κ3) is 9.02. The lowest BCUT2D eigenvalue weighted by Gasteiger charge is -2.42. The number of hydrogen-bond donors (Lipinski definition) is 2. The molecule has 7 atom stereocenters. The molecule has 4 fully saturated rings. The first-order valence-electron chi connectivity index (χ1n) is 24.6. The molecule has 0 spiro atoms. The maximum atomic E-state index is 15.2. The number of esters is 1. The molecule has 2 aliphatic carbocycles. The number of nitrogens with zero attached hydrogens (tertiary/aromatic N) is 8. The van der Waals surface area contributed by atoms with E-state index in [-0.39, 0.29) is 43.1 Å². The van der Waals surface area contributed by atoms with Crippen molar-refractivity contribution in [2.75, 3.05) is 33.4 Å². The van der Waals surface area contributed by atoms with Gasteiger partial charge in [0.05, 0.1) is 42.4 Å². The van der Waals surface area contributed by atoms with Crippen LogP contribution in [0.15, 0.2) is 85.0 Å². The fourth-order valence-electron chi connectivity index (χ4n) is 10.9. The monoisotopic (exact) mass is 964 g/mol. The molecule has 6 bridgehead atoms. The highest BCUT2D eigenvalue weighted by Crippen LogP contribution is 2.53. The Labute approximate surface area is 411 Å². The molecule has 5 aliphatic rings. The Morgan fingerprint density at radius 3 is 2.64 bits per heavy atom. The molecule has 1 aromatic carbocycles. The number of hydrazine groups is 1. The summed E-state index contributed by atoms with van der Waals surface area (Å²) in [7, 11) is 1.72. The van der Waals surface area contributed by atoms with E-state index in [2.05, 4.69) is 73.3 Å². The predicted molar refractivity (Wildman–Crippen MR) is 263 cm³/mol. The molecular weight excluding hydrogens is 905 g/mol. The molecule has 0 unspecified atom stereocenters. The maximum Gasteiger partial charge on any atom is 0.324 e. The molecule has 2 saturated heterocycles. The predicted octanol–water partition coefficient (Wildman–Crippen LogP) is 7.15. The number of likely N-dealkylation sites (tertiary alicyclic amines) is 1. The number of thiazole rings is 1. The minimum absolute atomic E-state index is 0.0216. The van der Waals surface area contributed by atoms with Gasteiger partial charge in [-0.25, -0.2) is 20.4 Å². The summed E-state index contributed by atoms with van der Waals surface area (Å²) in [6.07, 6.45) is 11.2. The van der Waals surface area contributed by atoms with Gasteiger partial charge in [0.1, 0.15) is 29.5 Å². The molecule has 8 heterocycles. The number of pyridine rings is 2. The number of carbonyl (C=O) groups is 3. The van der Waals surface area contributed by atoms with E-state index in [9.17, 15) is 9.59 Å². The molecular formula is C53H60N10O6S. The molecule has 70 heavy (non-hydrogen) atoms. The van der Waals surface area contributed by atoms with Crippen LogP contribution in [-0.2, 0) is 41.6 Å². The summed E-state index contributed by atoms with van der Waals surface area (Å²) in [5, 5.41) is 8.22. The van der Waals surface area contributed by atoms with Crippen molar-refractivity contribution in [2.45, 2.75) is 109 Å². The second-order valence-electron chi connectivity index (χ2n) is 20.5. The highest BCUT2D eigenvalue weighted by Gasteiger charge is 2.54. The van der Waals surface area contributed by atoms with Crippen LogP contribution in [0.5, 0.6) is 0 Å². The van der Waals surface area contributed by atoms with Gasteiger partial charge >= 0.3 is 5.97 Å². The van der Waals surface area contributed by atoms with Crippen LogP contribution in [0, 0.1) is 17.3 Å². The van der Waals surface area contributed by atoms with Gasteiger partial charge in [-0.1, -0.05) is 32.9 Å². The molecule has 16 nitrogen and oxygen atoms in total. The van der Waals surface area contributed by atoms with Crippen LogP contribution in [0.25, 0.3) is 33.4 Å². The fourth-order valence-corrected chi connectivity index (χ4v) is 11.8. The Hall–Kier alpha value is -5.98. The SMILES string of the molecule is CO[C@@H](C)c1ncccc1-c1c2c3cc(ccc3n1C1CN(C3CC3)C1)-c1csc(n1)[C@@H](OCc1cccnc1)[C@H](NC(=O)[C@@H]1[C@@H](C)[C@H]1c1ccncn1)C(=O)N1CCC[C@H](N1)C(=O)OCC(C)(C)C2. The minimum Gasteiger partial charge on any atom is -0.464 e. The number of hydrogen-bond acceptors (Lipinski definition) is 14. The molecule has 5 aromatic heterocycles. The Morgan fingerprint density at radius 2 is 1.87 bits per heavy atom. The van der Waals surface area contributed by atoms with Gasteiger partial charge in [-0.15, -0.1) is 11.3 Å². The van der Waals surface area contributed by atoms with Crippen LogP contribution in [0.4, 0.5) is 0 Å². The highest BCUT2D eigenvalue weighted by atomic mass is 32.1. The molecule has 3 aliphatic heterocycles. The number of ether oxygens (including phenoxy) is 3. The van der Waals surface area contributed by atoms with Gasteiger partial charge < -0.3 is 24.1 Å². The quantitative estimate of drug-likeness (QED) is 0.125. The molecule has 0 radical (unpaired) electrons. The summed E-state index contributed by atoms with van der Waals surface area (Å²) in [6.45, 7) is 10.8. The summed E-state index contributed by atoms with van der Waals surface area (Å²) in [6, 6.07) is 15.2. The van der Waals surface area contributed by atoms with Crippen molar-refractivity contribution in [3.8, 4) is 22.5 Å². The van der Waals surface area contributed by atoms with E-state index in [0.29, 0.717) is 36.9 Å². The van der Waals surface area contributed by atoms with Crippen molar-refractivity contribution >= 4 is 40.0 Å². The topological polar surface area (TPSA) is 179 Å². The van der Waals surface area contributed by atoms with Crippen molar-refractivity contribution in [3.05, 3.63) is 113 Å². The van der Waals surface area contributed by atoms with Crippen LogP contribution in [0.3, 0.4) is 0 Å². The lowest BCUT2D eigenvalue weighted by molar-refractivity contribution is -0.157. The number of cyclic esters (lactones) is 1. The third-order valence-electron chi connectivity index (χ3n) is 15.0. The van der Waals surface area contributed by atoms with Crippen LogP contribution in [-0.4, -0.2) is 109 Å². The Balaban J connectivity index is 1.05. The maximum absolute atomic E-state index is 15.2. The first kappa shape index (κ1) is 46.4. The number of aromatic nitrogens is 6. The second kappa shape index (κ2) is 19.0. The summed E-state index contributed by atoms with van der Waals surface area (Å²) in [5.41, 5.74) is 11.1. The number of amides is 2. The van der Waals surface area contributed by atoms with E-state index in [4.69, 9.17) is 24.2 Å². The van der Waals surface area contributed by atoms with Crippen molar-refractivity contribution < 1.29 is 28.6 Å². The summed E-state index contributed by atoms with van der Waals surface area (Å²) in [4.78, 5) is 69.6. The fraction of sp³-hybridized carbons (Fsp3) is 0.472. The van der Waals surface area contributed by atoms with E-state index in [1.165, 1.54) is 35.5 Å². The zero-order valence-electron chi connectivity index (χ0n) is 40.3. The number of methoxy groups -OCH3 is 1. The molecule has 2 N–H and O–H groups in total. The summed E-state index contributed by atoms with van der Waals surface area (Å²) < 4.78 is 21.5. The van der Waals surface area contributed by atoms with Crippen LogP contribution < -0.4 is 10.7 Å². The lowest BCUT2D eigenvalue weighted by atomic mass is 9.84. The summed E-state index contributed by atoms with van der Waals surface area (Å²) in [5.74, 6) is -1.77. The molecule has 6 aromatic rings. The zero-order chi connectivity index (χ0) is 48.3. The van der Waals surface area contributed by atoms with Crippen molar-refractivity contribution in [2.24, 2.45) is 17.3 Å². The Morgan fingerprint density at radius 1 is 1.03 bits per heavy atom. The Kier molecular flexibility index (Phi) is 12.6. The average molecular weight is 965 g/mol. The zero-order valence-corrected chi connectivity index (χ0v) is 41.1. The smallest absolute Gasteiger partial charge is 0.324 e. The second-order valence-corrected chi connectivity index (χ2v) is 21.4. The van der Waals surface area contributed by atoms with Crippen molar-refractivity contribution in [1.29, 1.82) is 0 Å². The van der Waals surface area contributed by atoms with E-state index in [1.807, 2.05) is 49.7 Å². The largest absolute Gasteiger partial charge is 0.464 e. The molecule has 11 rings (SSSR count). The molecule has 17 heteroatoms. The van der Waals surface area contributed by atoms with Crippen molar-refractivity contribution in [3.63, 3.8) is 0 Å². The minimum atomic E-state index is -1.23. The lowest BCUT2D eigenvalue weighted by Crippen LogP contribution is -2.61. The van der Waals surface area contributed by atoms with E-state index in [1.54, 1.807) is 25.7 Å². The number of fused-ring (bicyclic) bond motifs is 6. The van der Waals surface area contributed by atoms with Gasteiger partial charge in [0.15, 0.2) is 0 Å².